The van der Waals surface area contributed by atoms with Crippen molar-refractivity contribution < 1.29 is 4.39 Å². The molecular weight excluding hydrogens is 213 g/mol. The SMILES string of the molecule is CNC(C)C(C)Cc1cc(F)ccc1Cl. The smallest absolute Gasteiger partial charge is 0.123 e. The Labute approximate surface area is 95.6 Å². The van der Waals surface area contributed by atoms with Gasteiger partial charge in [0.2, 0.25) is 0 Å². The molecule has 0 radical (unpaired) electrons. The highest BCUT2D eigenvalue weighted by molar-refractivity contribution is 6.31. The van der Waals surface area contributed by atoms with Crippen LogP contribution in [0, 0.1) is 11.7 Å². The molecule has 0 spiro atoms. The van der Waals surface area contributed by atoms with Crippen molar-refractivity contribution >= 4 is 11.6 Å². The van der Waals surface area contributed by atoms with Crippen LogP contribution in [-0.4, -0.2) is 13.1 Å². The first-order valence-corrected chi connectivity index (χ1v) is 5.53. The molecular formula is C12H17ClFN. The van der Waals surface area contributed by atoms with Gasteiger partial charge in [0.25, 0.3) is 0 Å². The van der Waals surface area contributed by atoms with E-state index in [4.69, 9.17) is 11.6 Å². The molecule has 0 aliphatic rings. The Morgan fingerprint density at radius 1 is 1.40 bits per heavy atom. The summed E-state index contributed by atoms with van der Waals surface area (Å²) in [5, 5.41) is 3.83. The minimum Gasteiger partial charge on any atom is -0.317 e. The number of hydrogen-bond donors (Lipinski definition) is 1. The summed E-state index contributed by atoms with van der Waals surface area (Å²) in [4.78, 5) is 0. The van der Waals surface area contributed by atoms with E-state index >= 15 is 0 Å². The lowest BCUT2D eigenvalue weighted by molar-refractivity contribution is 0.423. The van der Waals surface area contributed by atoms with Crippen molar-refractivity contribution in [1.29, 1.82) is 0 Å². The van der Waals surface area contributed by atoms with Crippen molar-refractivity contribution in [1.82, 2.24) is 5.32 Å². The molecule has 0 aliphatic carbocycles. The van der Waals surface area contributed by atoms with Crippen LogP contribution in [0.2, 0.25) is 5.02 Å². The van der Waals surface area contributed by atoms with Crippen molar-refractivity contribution in [2.45, 2.75) is 26.3 Å². The van der Waals surface area contributed by atoms with E-state index in [0.29, 0.717) is 17.0 Å². The Bertz CT molecular complexity index is 327. The molecule has 0 aromatic heterocycles. The summed E-state index contributed by atoms with van der Waals surface area (Å²) in [6.07, 6.45) is 0.790. The minimum atomic E-state index is -0.223. The van der Waals surface area contributed by atoms with E-state index in [9.17, 15) is 4.39 Å². The van der Waals surface area contributed by atoms with E-state index in [-0.39, 0.29) is 5.82 Å². The van der Waals surface area contributed by atoms with Crippen LogP contribution in [0.5, 0.6) is 0 Å². The second-order valence-electron chi connectivity index (χ2n) is 3.99. The van der Waals surface area contributed by atoms with Crippen molar-refractivity contribution in [2.24, 2.45) is 5.92 Å². The van der Waals surface area contributed by atoms with Crippen LogP contribution in [0.15, 0.2) is 18.2 Å². The number of benzene rings is 1. The van der Waals surface area contributed by atoms with Crippen LogP contribution in [0.3, 0.4) is 0 Å². The molecule has 0 heterocycles. The average Bonchev–Trinajstić information content (AvgIpc) is 2.22. The lowest BCUT2D eigenvalue weighted by Gasteiger charge is -2.19. The van der Waals surface area contributed by atoms with E-state index in [0.717, 1.165) is 12.0 Å². The number of nitrogens with one attached hydrogen (secondary N) is 1. The van der Waals surface area contributed by atoms with Crippen molar-refractivity contribution in [3.05, 3.63) is 34.6 Å². The molecule has 0 aliphatic heterocycles. The molecule has 0 amide bonds. The number of halogens is 2. The standard InChI is InChI=1S/C12H17ClFN/c1-8(9(2)15-3)6-10-7-11(14)4-5-12(10)13/h4-5,7-9,15H,6H2,1-3H3. The summed E-state index contributed by atoms with van der Waals surface area (Å²) in [6.45, 7) is 4.24. The fraction of sp³-hybridized carbons (Fsp3) is 0.500. The molecule has 1 aromatic carbocycles. The first-order valence-electron chi connectivity index (χ1n) is 5.15. The van der Waals surface area contributed by atoms with E-state index in [1.165, 1.54) is 12.1 Å². The summed E-state index contributed by atoms with van der Waals surface area (Å²) in [7, 11) is 1.92. The third-order valence-corrected chi connectivity index (χ3v) is 3.23. The van der Waals surface area contributed by atoms with Gasteiger partial charge in [-0.25, -0.2) is 4.39 Å². The zero-order valence-corrected chi connectivity index (χ0v) is 10.1. The maximum Gasteiger partial charge on any atom is 0.123 e. The summed E-state index contributed by atoms with van der Waals surface area (Å²) >= 11 is 6.00. The normalized spacial score (nSPS) is 15.0. The van der Waals surface area contributed by atoms with Crippen molar-refractivity contribution in [3.63, 3.8) is 0 Å². The molecule has 1 rings (SSSR count). The van der Waals surface area contributed by atoms with E-state index < -0.39 is 0 Å². The van der Waals surface area contributed by atoms with Crippen molar-refractivity contribution in [3.8, 4) is 0 Å². The maximum absolute atomic E-state index is 13.0. The van der Waals surface area contributed by atoms with Crippen LogP contribution in [0.25, 0.3) is 0 Å². The van der Waals surface area contributed by atoms with E-state index in [1.54, 1.807) is 6.07 Å². The monoisotopic (exact) mass is 229 g/mol. The highest BCUT2D eigenvalue weighted by Crippen LogP contribution is 2.21. The molecule has 0 saturated heterocycles. The van der Waals surface area contributed by atoms with Gasteiger partial charge in [0.1, 0.15) is 5.82 Å². The third kappa shape index (κ3) is 3.47. The molecule has 1 N–H and O–H groups in total. The Hall–Kier alpha value is -0.600. The van der Waals surface area contributed by atoms with Crippen LogP contribution in [0.1, 0.15) is 19.4 Å². The zero-order valence-electron chi connectivity index (χ0n) is 9.35. The first-order chi connectivity index (χ1) is 7.04. The Balaban J connectivity index is 2.75. The highest BCUT2D eigenvalue weighted by Gasteiger charge is 2.12. The van der Waals surface area contributed by atoms with E-state index in [1.807, 2.05) is 7.05 Å². The second-order valence-corrected chi connectivity index (χ2v) is 4.40. The Kier molecular flexibility index (Phi) is 4.55. The zero-order chi connectivity index (χ0) is 11.4. The van der Waals surface area contributed by atoms with Gasteiger partial charge in [0.15, 0.2) is 0 Å². The number of rotatable bonds is 4. The fourth-order valence-electron chi connectivity index (χ4n) is 1.51. The highest BCUT2D eigenvalue weighted by atomic mass is 35.5. The van der Waals surface area contributed by atoms with Gasteiger partial charge in [-0.3, -0.25) is 0 Å². The predicted molar refractivity (Wildman–Crippen MR) is 62.8 cm³/mol. The van der Waals surface area contributed by atoms with Crippen LogP contribution in [-0.2, 0) is 6.42 Å². The molecule has 2 unspecified atom stereocenters. The molecule has 0 fully saturated rings. The van der Waals surface area contributed by atoms with E-state index in [2.05, 4.69) is 19.2 Å². The molecule has 1 nitrogen and oxygen atoms in total. The van der Waals surface area contributed by atoms with Gasteiger partial charge in [-0.2, -0.15) is 0 Å². The summed E-state index contributed by atoms with van der Waals surface area (Å²) < 4.78 is 13.0. The van der Waals surface area contributed by atoms with Gasteiger partial charge < -0.3 is 5.32 Å². The summed E-state index contributed by atoms with van der Waals surface area (Å²) in [5.41, 5.74) is 0.881. The Morgan fingerprint density at radius 3 is 2.67 bits per heavy atom. The summed E-state index contributed by atoms with van der Waals surface area (Å²) in [5.74, 6) is 0.202. The molecule has 1 aromatic rings. The fourth-order valence-corrected chi connectivity index (χ4v) is 1.70. The molecule has 3 heteroatoms. The quantitative estimate of drug-likeness (QED) is 0.836. The lowest BCUT2D eigenvalue weighted by Crippen LogP contribution is -2.29. The minimum absolute atomic E-state index is 0.223. The first kappa shape index (κ1) is 12.5. The van der Waals surface area contributed by atoms with Crippen molar-refractivity contribution in [2.75, 3.05) is 7.05 Å². The van der Waals surface area contributed by atoms with Gasteiger partial charge in [-0.05, 0) is 50.1 Å². The lowest BCUT2D eigenvalue weighted by atomic mass is 9.95. The predicted octanol–water partition coefficient (Wildman–Crippen LogP) is 3.27. The molecule has 2 atom stereocenters. The van der Waals surface area contributed by atoms with Crippen LogP contribution >= 0.6 is 11.6 Å². The Morgan fingerprint density at radius 2 is 2.07 bits per heavy atom. The topological polar surface area (TPSA) is 12.0 Å². The summed E-state index contributed by atoms with van der Waals surface area (Å²) in [6, 6.07) is 4.91. The number of hydrogen-bond acceptors (Lipinski definition) is 1. The second kappa shape index (κ2) is 5.47. The molecule has 0 saturated carbocycles. The van der Waals surface area contributed by atoms with Gasteiger partial charge in [0.05, 0.1) is 0 Å². The molecule has 84 valence electrons. The van der Waals surface area contributed by atoms with Gasteiger partial charge >= 0.3 is 0 Å². The maximum atomic E-state index is 13.0. The van der Waals surface area contributed by atoms with Gasteiger partial charge in [-0.1, -0.05) is 18.5 Å². The average molecular weight is 230 g/mol. The van der Waals surface area contributed by atoms with Gasteiger partial charge in [-0.15, -0.1) is 0 Å². The van der Waals surface area contributed by atoms with Crippen LogP contribution < -0.4 is 5.32 Å². The van der Waals surface area contributed by atoms with Crippen LogP contribution in [0.4, 0.5) is 4.39 Å². The largest absolute Gasteiger partial charge is 0.317 e. The van der Waals surface area contributed by atoms with Gasteiger partial charge in [0, 0.05) is 11.1 Å². The third-order valence-electron chi connectivity index (χ3n) is 2.86. The molecule has 15 heavy (non-hydrogen) atoms. The molecule has 0 bridgehead atoms.